The summed E-state index contributed by atoms with van der Waals surface area (Å²) in [6.45, 7) is 7.68. The monoisotopic (exact) mass is 514 g/mol. The Bertz CT molecular complexity index is 961. The fraction of sp³-hybridized carbons (Fsp3) is 0.522. The number of thiazole rings is 1. The summed E-state index contributed by atoms with van der Waals surface area (Å²) in [7, 11) is 0. The van der Waals surface area contributed by atoms with Crippen LogP contribution in [0.25, 0.3) is 10.4 Å². The molecule has 1 aliphatic rings. The van der Waals surface area contributed by atoms with Gasteiger partial charge in [-0.1, -0.05) is 45.0 Å². The van der Waals surface area contributed by atoms with E-state index in [2.05, 4.69) is 10.3 Å². The number of nitrogens with zero attached hydrogens (tertiary/aromatic N) is 2. The molecule has 7 nitrogen and oxygen atoms in total. The number of hydrogen-bond donors (Lipinski definition) is 3. The first kappa shape index (κ1) is 27.5. The van der Waals surface area contributed by atoms with Gasteiger partial charge in [0.2, 0.25) is 11.8 Å². The number of benzene rings is 1. The Hall–Kier alpha value is -1.71. The minimum atomic E-state index is -0.782. The van der Waals surface area contributed by atoms with E-state index in [9.17, 15) is 14.7 Å². The molecule has 3 rings (SSSR count). The molecule has 0 bridgehead atoms. The predicted octanol–water partition coefficient (Wildman–Crippen LogP) is 3.27. The minimum absolute atomic E-state index is 0. The van der Waals surface area contributed by atoms with Gasteiger partial charge < -0.3 is 21.1 Å². The molecule has 2 aromatic rings. The van der Waals surface area contributed by atoms with Gasteiger partial charge in [-0.3, -0.25) is 9.59 Å². The highest BCUT2D eigenvalue weighted by Crippen LogP contribution is 2.29. The number of alkyl halides is 1. The van der Waals surface area contributed by atoms with Crippen LogP contribution >= 0.6 is 35.3 Å². The first-order chi connectivity index (χ1) is 15.0. The number of aliphatic hydroxyl groups excluding tert-OH is 1. The number of carbonyl (C=O) groups is 2. The van der Waals surface area contributed by atoms with Crippen LogP contribution in [0.1, 0.15) is 44.5 Å². The molecule has 0 unspecified atom stereocenters. The van der Waals surface area contributed by atoms with Gasteiger partial charge in [-0.2, -0.15) is 0 Å². The summed E-state index contributed by atoms with van der Waals surface area (Å²) < 4.78 is 0. The van der Waals surface area contributed by atoms with Crippen molar-refractivity contribution in [2.75, 3.05) is 12.4 Å². The van der Waals surface area contributed by atoms with Gasteiger partial charge in [0.05, 0.1) is 34.3 Å². The first-order valence-corrected chi connectivity index (χ1v) is 12.0. The third-order valence-electron chi connectivity index (χ3n) is 5.86. The second-order valence-corrected chi connectivity index (χ2v) is 10.5. The predicted molar refractivity (Wildman–Crippen MR) is 135 cm³/mol. The van der Waals surface area contributed by atoms with E-state index in [1.165, 1.54) is 4.90 Å². The molecular weight excluding hydrogens is 483 g/mol. The van der Waals surface area contributed by atoms with Crippen LogP contribution in [0.5, 0.6) is 0 Å². The summed E-state index contributed by atoms with van der Waals surface area (Å²) in [6.07, 6.45) is -0.592. The molecule has 10 heteroatoms. The van der Waals surface area contributed by atoms with Crippen molar-refractivity contribution in [1.29, 1.82) is 0 Å². The molecular formula is C23H32Cl2N4O3S. The Balaban J connectivity index is 0.00000385. The van der Waals surface area contributed by atoms with Gasteiger partial charge in [-0.15, -0.1) is 35.3 Å². The molecule has 4 N–H and O–H groups in total. The lowest BCUT2D eigenvalue weighted by molar-refractivity contribution is -0.141. The van der Waals surface area contributed by atoms with Gasteiger partial charge in [0.25, 0.3) is 0 Å². The van der Waals surface area contributed by atoms with Crippen molar-refractivity contribution in [3.05, 3.63) is 41.0 Å². The molecule has 182 valence electrons. The number of nitrogens with one attached hydrogen (secondary N) is 1. The van der Waals surface area contributed by atoms with Crippen LogP contribution in [0.15, 0.2) is 29.8 Å². The molecule has 0 spiro atoms. The van der Waals surface area contributed by atoms with E-state index in [0.717, 1.165) is 21.7 Å². The number of hydrogen-bond acceptors (Lipinski definition) is 6. The fourth-order valence-electron chi connectivity index (χ4n) is 3.78. The van der Waals surface area contributed by atoms with Crippen LogP contribution in [0, 0.1) is 12.3 Å². The minimum Gasteiger partial charge on any atom is -0.391 e. The Morgan fingerprint density at radius 1 is 1.33 bits per heavy atom. The second kappa shape index (κ2) is 11.1. The molecule has 1 fully saturated rings. The number of nitrogens with two attached hydrogens (primary N) is 1. The molecule has 33 heavy (non-hydrogen) atoms. The zero-order valence-corrected chi connectivity index (χ0v) is 21.6. The van der Waals surface area contributed by atoms with E-state index < -0.39 is 29.6 Å². The number of halogens is 2. The molecule has 2 heterocycles. The standard InChI is InChI=1S/C23H31ClN4O3S.ClH/c1-13-19(32-12-26-13)15-7-5-14(6-8-15)17(10-24)27-21(30)18-9-16(29)11-28(18)22(31)20(25)23(2,3)4;/h5-8,12,16-18,20,29H,9-11,25H2,1-4H3,(H,27,30);1H/t16-,17+,18+,20-;/m1./s1. The molecule has 2 amide bonds. The maximum absolute atomic E-state index is 13.1. The van der Waals surface area contributed by atoms with Crippen molar-refractivity contribution in [3.63, 3.8) is 0 Å². The van der Waals surface area contributed by atoms with Crippen molar-refractivity contribution in [2.24, 2.45) is 11.1 Å². The molecule has 4 atom stereocenters. The molecule has 1 saturated heterocycles. The van der Waals surface area contributed by atoms with Crippen LogP contribution < -0.4 is 11.1 Å². The van der Waals surface area contributed by atoms with Gasteiger partial charge in [0.15, 0.2) is 0 Å². The zero-order valence-electron chi connectivity index (χ0n) is 19.2. The average Bonchev–Trinajstić information content (AvgIpc) is 3.35. The highest BCUT2D eigenvalue weighted by atomic mass is 35.5. The zero-order chi connectivity index (χ0) is 23.6. The molecule has 1 aromatic heterocycles. The van der Waals surface area contributed by atoms with Crippen LogP contribution in [0.3, 0.4) is 0 Å². The Labute approximate surface area is 210 Å². The first-order valence-electron chi connectivity index (χ1n) is 10.6. The number of carbonyl (C=O) groups excluding carboxylic acids is 2. The van der Waals surface area contributed by atoms with Crippen molar-refractivity contribution in [2.45, 2.75) is 58.3 Å². The number of likely N-dealkylation sites (tertiary alicyclic amines) is 1. The van der Waals surface area contributed by atoms with E-state index in [1.807, 2.05) is 57.5 Å². The maximum Gasteiger partial charge on any atom is 0.243 e. The second-order valence-electron chi connectivity index (χ2n) is 9.34. The van der Waals surface area contributed by atoms with Crippen LogP contribution in [0.2, 0.25) is 0 Å². The summed E-state index contributed by atoms with van der Waals surface area (Å²) in [4.78, 5) is 32.8. The van der Waals surface area contributed by atoms with Crippen LogP contribution in [-0.4, -0.2) is 57.4 Å². The van der Waals surface area contributed by atoms with Crippen molar-refractivity contribution < 1.29 is 14.7 Å². The van der Waals surface area contributed by atoms with E-state index >= 15 is 0 Å². The lowest BCUT2D eigenvalue weighted by atomic mass is 9.86. The van der Waals surface area contributed by atoms with Crippen LogP contribution in [-0.2, 0) is 9.59 Å². The number of β-amino-alcohol motifs (C(OH)–C–C–N with tert-alkyl or cyclic N) is 1. The van der Waals surface area contributed by atoms with Crippen molar-refractivity contribution in [1.82, 2.24) is 15.2 Å². The van der Waals surface area contributed by atoms with Crippen molar-refractivity contribution >= 4 is 47.2 Å². The normalized spacial score (nSPS) is 20.2. The van der Waals surface area contributed by atoms with E-state index in [1.54, 1.807) is 11.3 Å². The molecule has 0 saturated carbocycles. The largest absolute Gasteiger partial charge is 0.391 e. The van der Waals surface area contributed by atoms with Crippen molar-refractivity contribution in [3.8, 4) is 10.4 Å². The van der Waals surface area contributed by atoms with E-state index in [-0.39, 0.29) is 43.1 Å². The fourth-order valence-corrected chi connectivity index (χ4v) is 4.85. The molecule has 1 aromatic carbocycles. The Morgan fingerprint density at radius 2 is 1.97 bits per heavy atom. The van der Waals surface area contributed by atoms with E-state index in [4.69, 9.17) is 17.3 Å². The average molecular weight is 516 g/mol. The highest BCUT2D eigenvalue weighted by molar-refractivity contribution is 7.13. The molecule has 0 aliphatic carbocycles. The number of aromatic nitrogens is 1. The summed E-state index contributed by atoms with van der Waals surface area (Å²) in [5.74, 6) is -0.500. The Morgan fingerprint density at radius 3 is 2.48 bits per heavy atom. The third-order valence-corrected chi connectivity index (χ3v) is 7.14. The maximum atomic E-state index is 13.1. The number of aryl methyl sites for hydroxylation is 1. The number of amides is 2. The SMILES string of the molecule is Cc1ncsc1-c1ccc([C@H](CCl)NC(=O)[C@@H]2C[C@@H](O)CN2C(=O)[C@@H](N)C(C)(C)C)cc1.Cl. The number of rotatable bonds is 6. The van der Waals surface area contributed by atoms with E-state index in [0.29, 0.717) is 0 Å². The van der Waals surface area contributed by atoms with Gasteiger partial charge >= 0.3 is 0 Å². The smallest absolute Gasteiger partial charge is 0.243 e. The summed E-state index contributed by atoms with van der Waals surface area (Å²) in [5, 5.41) is 13.1. The number of aliphatic hydroxyl groups is 1. The molecule has 0 radical (unpaired) electrons. The lowest BCUT2D eigenvalue weighted by Gasteiger charge is -2.33. The van der Waals surface area contributed by atoms with Gasteiger partial charge in [-0.05, 0) is 23.5 Å². The van der Waals surface area contributed by atoms with Crippen LogP contribution in [0.4, 0.5) is 0 Å². The lowest BCUT2D eigenvalue weighted by Crippen LogP contribution is -2.55. The molecule has 1 aliphatic heterocycles. The third kappa shape index (κ3) is 6.25. The van der Waals surface area contributed by atoms with Gasteiger partial charge in [0.1, 0.15) is 6.04 Å². The summed E-state index contributed by atoms with van der Waals surface area (Å²) >= 11 is 7.76. The van der Waals surface area contributed by atoms with Gasteiger partial charge in [-0.25, -0.2) is 4.98 Å². The topological polar surface area (TPSA) is 109 Å². The quantitative estimate of drug-likeness (QED) is 0.512. The Kier molecular flexibility index (Phi) is 9.30. The summed E-state index contributed by atoms with van der Waals surface area (Å²) in [6, 6.07) is 5.86. The van der Waals surface area contributed by atoms with Gasteiger partial charge in [0, 0.05) is 18.8 Å². The summed E-state index contributed by atoms with van der Waals surface area (Å²) in [5.41, 5.74) is 10.4. The highest BCUT2D eigenvalue weighted by Gasteiger charge is 2.43.